The third-order valence-corrected chi connectivity index (χ3v) is 1.52. The van der Waals surface area contributed by atoms with Crippen LogP contribution in [0.1, 0.15) is 23.2 Å². The lowest BCUT2D eigenvalue weighted by molar-refractivity contribution is -0.154. The van der Waals surface area contributed by atoms with E-state index < -0.39 is 29.1 Å². The monoisotopic (exact) mass is 236 g/mol. The number of carbonyl (C=O) groups excluding carboxylic acids is 1. The van der Waals surface area contributed by atoms with E-state index in [2.05, 4.69) is 9.15 Å². The fourth-order valence-corrected chi connectivity index (χ4v) is 0.920. The Morgan fingerprint density at radius 1 is 1.44 bits per heavy atom. The minimum atomic E-state index is -4.82. The van der Waals surface area contributed by atoms with E-state index in [0.717, 1.165) is 0 Å². The Labute approximate surface area is 87.6 Å². The molecule has 16 heavy (non-hydrogen) atoms. The first-order chi connectivity index (χ1) is 7.34. The standard InChI is InChI=1S/C9H7F3O4/c1-2-15-8(14)6-3-5(13)4-7(16-6)9(10,11)12/h3-4H,2H2,1H3. The summed E-state index contributed by atoms with van der Waals surface area (Å²) in [6, 6.07) is 0.913. The third kappa shape index (κ3) is 2.85. The van der Waals surface area contributed by atoms with Gasteiger partial charge in [0.1, 0.15) is 0 Å². The van der Waals surface area contributed by atoms with Crippen LogP contribution in [0.4, 0.5) is 13.2 Å². The Kier molecular flexibility index (Phi) is 3.36. The van der Waals surface area contributed by atoms with Crippen molar-refractivity contribution in [3.05, 3.63) is 33.9 Å². The molecule has 0 atom stereocenters. The van der Waals surface area contributed by atoms with Crippen LogP contribution in [-0.2, 0) is 10.9 Å². The molecule has 0 aliphatic carbocycles. The summed E-state index contributed by atoms with van der Waals surface area (Å²) in [5.74, 6) is -3.39. The van der Waals surface area contributed by atoms with Crippen molar-refractivity contribution in [3.8, 4) is 0 Å². The first-order valence-corrected chi connectivity index (χ1v) is 4.24. The average Bonchev–Trinajstić information content (AvgIpc) is 2.16. The van der Waals surface area contributed by atoms with Gasteiger partial charge >= 0.3 is 12.1 Å². The van der Waals surface area contributed by atoms with Crippen LogP contribution in [0.5, 0.6) is 0 Å². The van der Waals surface area contributed by atoms with Gasteiger partial charge in [0.15, 0.2) is 5.43 Å². The summed E-state index contributed by atoms with van der Waals surface area (Å²) >= 11 is 0. The van der Waals surface area contributed by atoms with E-state index in [1.165, 1.54) is 6.92 Å². The Morgan fingerprint density at radius 2 is 2.06 bits per heavy atom. The predicted octanol–water partition coefficient (Wildman–Crippen LogP) is 1.84. The Hall–Kier alpha value is -1.79. The fourth-order valence-electron chi connectivity index (χ4n) is 0.920. The summed E-state index contributed by atoms with van der Waals surface area (Å²) < 4.78 is 45.3. The van der Waals surface area contributed by atoms with Crippen molar-refractivity contribution in [1.82, 2.24) is 0 Å². The van der Waals surface area contributed by atoms with Crippen molar-refractivity contribution >= 4 is 5.97 Å². The molecule has 0 unspecified atom stereocenters. The maximum atomic E-state index is 12.2. The van der Waals surface area contributed by atoms with E-state index >= 15 is 0 Å². The molecule has 0 aliphatic heterocycles. The molecular weight excluding hydrogens is 229 g/mol. The second-order valence-corrected chi connectivity index (χ2v) is 2.74. The summed E-state index contributed by atoms with van der Waals surface area (Å²) in [6.45, 7) is 1.45. The molecule has 0 bridgehead atoms. The van der Waals surface area contributed by atoms with Gasteiger partial charge in [-0.05, 0) is 6.92 Å². The van der Waals surface area contributed by atoms with Gasteiger partial charge in [-0.15, -0.1) is 0 Å². The third-order valence-electron chi connectivity index (χ3n) is 1.52. The first kappa shape index (κ1) is 12.3. The van der Waals surface area contributed by atoms with Crippen LogP contribution in [0.15, 0.2) is 21.3 Å². The van der Waals surface area contributed by atoms with Crippen LogP contribution < -0.4 is 5.43 Å². The van der Waals surface area contributed by atoms with E-state index in [-0.39, 0.29) is 12.7 Å². The average molecular weight is 236 g/mol. The molecular formula is C9H7F3O4. The number of hydrogen-bond acceptors (Lipinski definition) is 4. The highest BCUT2D eigenvalue weighted by molar-refractivity contribution is 5.86. The van der Waals surface area contributed by atoms with Gasteiger partial charge in [-0.1, -0.05) is 0 Å². The van der Waals surface area contributed by atoms with Crippen LogP contribution in [0.25, 0.3) is 0 Å². The molecule has 1 aromatic heterocycles. The van der Waals surface area contributed by atoms with Gasteiger partial charge in [0.05, 0.1) is 6.61 Å². The Morgan fingerprint density at radius 3 is 2.56 bits per heavy atom. The van der Waals surface area contributed by atoms with Crippen LogP contribution in [0, 0.1) is 0 Å². The van der Waals surface area contributed by atoms with Gasteiger partial charge in [0.2, 0.25) is 11.5 Å². The summed E-state index contributed by atoms with van der Waals surface area (Å²) in [4.78, 5) is 22.0. The van der Waals surface area contributed by atoms with Gasteiger partial charge in [-0.2, -0.15) is 13.2 Å². The second kappa shape index (κ2) is 4.38. The molecule has 88 valence electrons. The highest BCUT2D eigenvalue weighted by Gasteiger charge is 2.35. The van der Waals surface area contributed by atoms with Crippen LogP contribution in [0.2, 0.25) is 0 Å². The molecule has 0 spiro atoms. The Bertz CT molecular complexity index is 447. The van der Waals surface area contributed by atoms with Gasteiger partial charge in [-0.25, -0.2) is 4.79 Å². The SMILES string of the molecule is CCOC(=O)c1cc(=O)cc(C(F)(F)F)o1. The molecule has 0 fully saturated rings. The number of alkyl halides is 3. The van der Waals surface area contributed by atoms with Gasteiger partial charge in [-0.3, -0.25) is 4.79 Å². The zero-order valence-corrected chi connectivity index (χ0v) is 8.13. The molecule has 0 saturated heterocycles. The maximum Gasteiger partial charge on any atom is 0.449 e. The number of carbonyl (C=O) groups is 1. The summed E-state index contributed by atoms with van der Waals surface area (Å²) in [5, 5.41) is 0. The molecule has 7 heteroatoms. The van der Waals surface area contributed by atoms with Crippen molar-refractivity contribution in [1.29, 1.82) is 0 Å². The molecule has 0 amide bonds. The van der Waals surface area contributed by atoms with Crippen LogP contribution >= 0.6 is 0 Å². The molecule has 4 nitrogen and oxygen atoms in total. The lowest BCUT2D eigenvalue weighted by atomic mass is 10.3. The topological polar surface area (TPSA) is 56.5 Å². The quantitative estimate of drug-likeness (QED) is 0.735. The molecule has 0 radical (unpaired) electrons. The lowest BCUT2D eigenvalue weighted by Gasteiger charge is -2.06. The zero-order chi connectivity index (χ0) is 12.3. The molecule has 0 aliphatic rings. The van der Waals surface area contributed by atoms with E-state index in [1.807, 2.05) is 0 Å². The molecule has 0 saturated carbocycles. The number of ether oxygens (including phenoxy) is 1. The molecule has 1 rings (SSSR count). The van der Waals surface area contributed by atoms with Crippen LogP contribution in [0.3, 0.4) is 0 Å². The van der Waals surface area contributed by atoms with E-state index in [4.69, 9.17) is 0 Å². The summed E-state index contributed by atoms with van der Waals surface area (Å²) in [7, 11) is 0. The highest BCUT2D eigenvalue weighted by Crippen LogP contribution is 2.28. The maximum absolute atomic E-state index is 12.2. The molecule has 1 aromatic rings. The van der Waals surface area contributed by atoms with Crippen LogP contribution in [-0.4, -0.2) is 12.6 Å². The number of esters is 1. The van der Waals surface area contributed by atoms with E-state index in [9.17, 15) is 22.8 Å². The number of hydrogen-bond donors (Lipinski definition) is 0. The predicted molar refractivity (Wildman–Crippen MR) is 45.9 cm³/mol. The van der Waals surface area contributed by atoms with Crippen molar-refractivity contribution in [3.63, 3.8) is 0 Å². The van der Waals surface area contributed by atoms with Crippen molar-refractivity contribution < 1.29 is 27.1 Å². The zero-order valence-electron chi connectivity index (χ0n) is 8.13. The molecule has 0 N–H and O–H groups in total. The Balaban J connectivity index is 3.18. The first-order valence-electron chi connectivity index (χ1n) is 4.24. The van der Waals surface area contributed by atoms with E-state index in [1.54, 1.807) is 0 Å². The largest absolute Gasteiger partial charge is 0.460 e. The van der Waals surface area contributed by atoms with Gasteiger partial charge in [0, 0.05) is 12.1 Å². The second-order valence-electron chi connectivity index (χ2n) is 2.74. The minimum absolute atomic E-state index is 0.0290. The molecule has 1 heterocycles. The fraction of sp³-hybridized carbons (Fsp3) is 0.333. The number of rotatable bonds is 2. The van der Waals surface area contributed by atoms with Crippen molar-refractivity contribution in [2.75, 3.05) is 6.61 Å². The number of halogens is 3. The summed E-state index contributed by atoms with van der Waals surface area (Å²) in [5.41, 5.74) is -0.971. The van der Waals surface area contributed by atoms with Crippen molar-refractivity contribution in [2.24, 2.45) is 0 Å². The molecule has 0 aromatic carbocycles. The smallest absolute Gasteiger partial charge is 0.449 e. The van der Waals surface area contributed by atoms with E-state index in [0.29, 0.717) is 6.07 Å². The highest BCUT2D eigenvalue weighted by atomic mass is 19.4. The van der Waals surface area contributed by atoms with Crippen molar-refractivity contribution in [2.45, 2.75) is 13.1 Å². The summed E-state index contributed by atoms with van der Waals surface area (Å²) in [6.07, 6.45) is -4.82. The lowest BCUT2D eigenvalue weighted by Crippen LogP contribution is -2.15. The minimum Gasteiger partial charge on any atom is -0.460 e. The normalized spacial score (nSPS) is 11.2. The van der Waals surface area contributed by atoms with Gasteiger partial charge < -0.3 is 9.15 Å². The van der Waals surface area contributed by atoms with Gasteiger partial charge in [0.25, 0.3) is 0 Å².